The molecule has 98 valence electrons. The summed E-state index contributed by atoms with van der Waals surface area (Å²) in [6, 6.07) is 0.632. The second-order valence-corrected chi connectivity index (χ2v) is 4.73. The van der Waals surface area contributed by atoms with E-state index in [1.165, 1.54) is 31.7 Å². The van der Waals surface area contributed by atoms with E-state index in [1.807, 2.05) is 0 Å². The molecule has 2 heterocycles. The van der Waals surface area contributed by atoms with Crippen molar-refractivity contribution in [3.63, 3.8) is 0 Å². The van der Waals surface area contributed by atoms with Gasteiger partial charge in [0.15, 0.2) is 0 Å². The van der Waals surface area contributed by atoms with Gasteiger partial charge >= 0.3 is 0 Å². The molecule has 0 aromatic carbocycles. The van der Waals surface area contributed by atoms with E-state index < -0.39 is 0 Å². The van der Waals surface area contributed by atoms with Crippen LogP contribution >= 0.6 is 0 Å². The molecule has 0 saturated carbocycles. The third-order valence-corrected chi connectivity index (χ3v) is 3.42. The minimum Gasteiger partial charge on any atom is -0.349 e. The molecule has 5 nitrogen and oxygen atoms in total. The number of carbonyl (C=O) groups is 1. The Morgan fingerprint density at radius 2 is 2.39 bits per heavy atom. The molecule has 0 spiro atoms. The summed E-state index contributed by atoms with van der Waals surface area (Å²) in [7, 11) is 0. The summed E-state index contributed by atoms with van der Waals surface area (Å²) in [6.07, 6.45) is 8.43. The van der Waals surface area contributed by atoms with Gasteiger partial charge in [-0.1, -0.05) is 6.42 Å². The molecule has 2 rings (SSSR count). The first-order chi connectivity index (χ1) is 8.77. The quantitative estimate of drug-likeness (QED) is 0.866. The Labute approximate surface area is 108 Å². The summed E-state index contributed by atoms with van der Waals surface area (Å²) >= 11 is 0. The molecule has 1 aliphatic rings. The molecule has 1 aromatic rings. The maximum absolute atomic E-state index is 11.7. The molecule has 1 aromatic heterocycles. The molecule has 18 heavy (non-hydrogen) atoms. The van der Waals surface area contributed by atoms with Gasteiger partial charge in [0.2, 0.25) is 0 Å². The Balaban J connectivity index is 1.73. The average Bonchev–Trinajstić information content (AvgIpc) is 2.42. The van der Waals surface area contributed by atoms with Crippen molar-refractivity contribution in [1.29, 1.82) is 0 Å². The van der Waals surface area contributed by atoms with E-state index in [0.29, 0.717) is 18.3 Å². The molecular formula is C13H20N4O. The topological polar surface area (TPSA) is 58.1 Å². The van der Waals surface area contributed by atoms with Crippen LogP contribution in [0.3, 0.4) is 0 Å². The first-order valence-electron chi connectivity index (χ1n) is 6.55. The monoisotopic (exact) mass is 248 g/mol. The highest BCUT2D eigenvalue weighted by molar-refractivity contribution is 5.91. The van der Waals surface area contributed by atoms with Crippen LogP contribution in [-0.2, 0) is 0 Å². The van der Waals surface area contributed by atoms with E-state index in [0.717, 1.165) is 13.1 Å². The molecule has 1 fully saturated rings. The fraction of sp³-hybridized carbons (Fsp3) is 0.615. The van der Waals surface area contributed by atoms with E-state index in [2.05, 4.69) is 27.1 Å². The van der Waals surface area contributed by atoms with Gasteiger partial charge in [0.1, 0.15) is 5.69 Å². The van der Waals surface area contributed by atoms with E-state index in [9.17, 15) is 4.79 Å². The summed E-state index contributed by atoms with van der Waals surface area (Å²) in [4.78, 5) is 22.0. The predicted molar refractivity (Wildman–Crippen MR) is 69.3 cm³/mol. The fourth-order valence-corrected chi connectivity index (χ4v) is 2.31. The van der Waals surface area contributed by atoms with Crippen molar-refractivity contribution in [1.82, 2.24) is 20.2 Å². The van der Waals surface area contributed by atoms with Crippen LogP contribution in [0, 0.1) is 0 Å². The lowest BCUT2D eigenvalue weighted by atomic mass is 10.0. The van der Waals surface area contributed by atoms with Gasteiger partial charge in [-0.25, -0.2) is 4.98 Å². The maximum Gasteiger partial charge on any atom is 0.271 e. The zero-order chi connectivity index (χ0) is 12.8. The highest BCUT2D eigenvalue weighted by Crippen LogP contribution is 2.15. The summed E-state index contributed by atoms with van der Waals surface area (Å²) in [5.41, 5.74) is 0.379. The Morgan fingerprint density at radius 1 is 1.50 bits per heavy atom. The van der Waals surface area contributed by atoms with Crippen LogP contribution in [0.4, 0.5) is 0 Å². The second-order valence-electron chi connectivity index (χ2n) is 4.73. The number of likely N-dealkylation sites (tertiary alicyclic amines) is 1. The highest BCUT2D eigenvalue weighted by Gasteiger charge is 2.17. The minimum atomic E-state index is -0.146. The van der Waals surface area contributed by atoms with Crippen molar-refractivity contribution in [3.8, 4) is 0 Å². The number of carbonyl (C=O) groups excluding carboxylic acids is 1. The van der Waals surface area contributed by atoms with Gasteiger partial charge in [0.25, 0.3) is 5.91 Å². The average molecular weight is 248 g/mol. The Kier molecular flexibility index (Phi) is 4.64. The van der Waals surface area contributed by atoms with Crippen LogP contribution in [-0.4, -0.2) is 46.5 Å². The normalized spacial score (nSPS) is 20.6. The van der Waals surface area contributed by atoms with Gasteiger partial charge in [-0.3, -0.25) is 14.7 Å². The summed E-state index contributed by atoms with van der Waals surface area (Å²) in [6.45, 7) is 4.97. The molecule has 0 unspecified atom stereocenters. The van der Waals surface area contributed by atoms with Crippen molar-refractivity contribution >= 4 is 5.91 Å². The molecule has 0 bridgehead atoms. The van der Waals surface area contributed by atoms with Gasteiger partial charge < -0.3 is 5.32 Å². The summed E-state index contributed by atoms with van der Waals surface area (Å²) in [5, 5.41) is 2.88. The summed E-state index contributed by atoms with van der Waals surface area (Å²) in [5.74, 6) is -0.146. The number of hydrogen-bond donors (Lipinski definition) is 1. The van der Waals surface area contributed by atoms with Crippen LogP contribution < -0.4 is 5.32 Å². The molecule has 5 heteroatoms. The Hall–Kier alpha value is -1.49. The van der Waals surface area contributed by atoms with Crippen LogP contribution in [0.25, 0.3) is 0 Å². The first-order valence-corrected chi connectivity index (χ1v) is 6.55. The van der Waals surface area contributed by atoms with Gasteiger partial charge in [-0.2, -0.15) is 0 Å². The minimum absolute atomic E-state index is 0.146. The van der Waals surface area contributed by atoms with Gasteiger partial charge in [-0.05, 0) is 26.3 Å². The Bertz CT molecular complexity index is 382. The predicted octanol–water partition coefficient (Wildman–Crippen LogP) is 1.08. The van der Waals surface area contributed by atoms with E-state index >= 15 is 0 Å². The molecule has 1 amide bonds. The van der Waals surface area contributed by atoms with Crippen LogP contribution in [0.5, 0.6) is 0 Å². The molecule has 1 aliphatic heterocycles. The number of piperidine rings is 1. The number of hydrogen-bond acceptors (Lipinski definition) is 4. The summed E-state index contributed by atoms with van der Waals surface area (Å²) < 4.78 is 0. The third kappa shape index (κ3) is 3.50. The van der Waals surface area contributed by atoms with E-state index in [-0.39, 0.29) is 5.91 Å². The van der Waals surface area contributed by atoms with Crippen molar-refractivity contribution < 1.29 is 4.79 Å². The van der Waals surface area contributed by atoms with E-state index in [4.69, 9.17) is 0 Å². The van der Waals surface area contributed by atoms with Gasteiger partial charge in [0, 0.05) is 31.5 Å². The molecule has 1 N–H and O–H groups in total. The van der Waals surface area contributed by atoms with Gasteiger partial charge in [0.05, 0.1) is 6.20 Å². The zero-order valence-electron chi connectivity index (χ0n) is 10.8. The standard InChI is InChI=1S/C13H20N4O/c1-11-4-2-3-8-17(11)9-7-16-13(18)12-10-14-5-6-15-12/h5-6,10-11H,2-4,7-9H2,1H3,(H,16,18)/t11-/m1/s1. The first kappa shape index (κ1) is 13.0. The largest absolute Gasteiger partial charge is 0.349 e. The van der Waals surface area contributed by atoms with Crippen LogP contribution in [0.1, 0.15) is 36.7 Å². The highest BCUT2D eigenvalue weighted by atomic mass is 16.1. The molecule has 0 radical (unpaired) electrons. The SMILES string of the molecule is C[C@@H]1CCCCN1CCNC(=O)c1cnccn1. The molecule has 0 aliphatic carbocycles. The third-order valence-electron chi connectivity index (χ3n) is 3.42. The van der Waals surface area contributed by atoms with Gasteiger partial charge in [-0.15, -0.1) is 0 Å². The molecular weight excluding hydrogens is 228 g/mol. The lowest BCUT2D eigenvalue weighted by Crippen LogP contribution is -2.42. The lowest BCUT2D eigenvalue weighted by molar-refractivity contribution is 0.0933. The van der Waals surface area contributed by atoms with Crippen molar-refractivity contribution in [2.45, 2.75) is 32.2 Å². The fourth-order valence-electron chi connectivity index (χ4n) is 2.31. The second kappa shape index (κ2) is 6.44. The lowest BCUT2D eigenvalue weighted by Gasteiger charge is -2.33. The van der Waals surface area contributed by atoms with Crippen LogP contribution in [0.15, 0.2) is 18.6 Å². The van der Waals surface area contributed by atoms with Crippen molar-refractivity contribution in [2.75, 3.05) is 19.6 Å². The molecule has 1 atom stereocenters. The molecule has 1 saturated heterocycles. The number of nitrogens with one attached hydrogen (secondary N) is 1. The zero-order valence-corrected chi connectivity index (χ0v) is 10.8. The number of nitrogens with zero attached hydrogens (tertiary/aromatic N) is 3. The number of aromatic nitrogens is 2. The maximum atomic E-state index is 11.7. The number of rotatable bonds is 4. The Morgan fingerprint density at radius 3 is 3.11 bits per heavy atom. The van der Waals surface area contributed by atoms with E-state index in [1.54, 1.807) is 6.20 Å². The smallest absolute Gasteiger partial charge is 0.271 e. The van der Waals surface area contributed by atoms with Crippen molar-refractivity contribution in [2.24, 2.45) is 0 Å². The number of amides is 1. The van der Waals surface area contributed by atoms with Crippen LogP contribution in [0.2, 0.25) is 0 Å². The van der Waals surface area contributed by atoms with Crippen molar-refractivity contribution in [3.05, 3.63) is 24.3 Å².